The van der Waals surface area contributed by atoms with E-state index in [-0.39, 0.29) is 17.4 Å². The number of aromatic amines is 1. The number of benzene rings is 2. The molecule has 0 fully saturated rings. The van der Waals surface area contributed by atoms with Crippen LogP contribution in [0.3, 0.4) is 0 Å². The average molecular weight is 318 g/mol. The minimum atomic E-state index is -4.60. The third-order valence-electron chi connectivity index (χ3n) is 3.70. The summed E-state index contributed by atoms with van der Waals surface area (Å²) in [6.07, 6.45) is -4.60. The van der Waals surface area contributed by atoms with Gasteiger partial charge in [0, 0.05) is 23.5 Å². The number of hydrogen-bond acceptors (Lipinski definition) is 2. The van der Waals surface area contributed by atoms with Crippen LogP contribution in [-0.4, -0.2) is 4.98 Å². The largest absolute Gasteiger partial charge is 0.417 e. The molecule has 0 bridgehead atoms. The third-order valence-corrected chi connectivity index (χ3v) is 3.70. The van der Waals surface area contributed by atoms with Crippen LogP contribution in [0.25, 0.3) is 22.0 Å². The fourth-order valence-electron chi connectivity index (χ4n) is 2.64. The summed E-state index contributed by atoms with van der Waals surface area (Å²) in [6.45, 7) is 0.284. The minimum Gasteiger partial charge on any atom is -0.326 e. The fraction of sp³-hybridized carbons (Fsp3) is 0.118. The van der Waals surface area contributed by atoms with Gasteiger partial charge in [-0.15, -0.1) is 0 Å². The van der Waals surface area contributed by atoms with Gasteiger partial charge < -0.3 is 10.7 Å². The molecule has 0 aliphatic carbocycles. The minimum absolute atomic E-state index is 0.0403. The highest BCUT2D eigenvalue weighted by Crippen LogP contribution is 2.35. The number of pyridine rings is 1. The van der Waals surface area contributed by atoms with Gasteiger partial charge in [-0.05, 0) is 28.8 Å². The fourth-order valence-corrected chi connectivity index (χ4v) is 2.64. The first kappa shape index (κ1) is 15.3. The molecule has 3 N–H and O–H groups in total. The van der Waals surface area contributed by atoms with Crippen molar-refractivity contribution in [2.24, 2.45) is 5.73 Å². The number of nitrogens with one attached hydrogen (secondary N) is 1. The summed E-state index contributed by atoms with van der Waals surface area (Å²) >= 11 is 0. The van der Waals surface area contributed by atoms with E-state index in [2.05, 4.69) is 4.98 Å². The maximum absolute atomic E-state index is 13.2. The summed E-state index contributed by atoms with van der Waals surface area (Å²) in [5, 5.41) is -0.0403. The zero-order valence-corrected chi connectivity index (χ0v) is 11.9. The Morgan fingerprint density at radius 1 is 1.04 bits per heavy atom. The van der Waals surface area contributed by atoms with Gasteiger partial charge in [0.15, 0.2) is 0 Å². The van der Waals surface area contributed by atoms with Crippen molar-refractivity contribution in [2.45, 2.75) is 12.7 Å². The molecule has 3 nitrogen and oxygen atoms in total. The van der Waals surface area contributed by atoms with Crippen LogP contribution < -0.4 is 11.3 Å². The van der Waals surface area contributed by atoms with E-state index < -0.39 is 17.3 Å². The second kappa shape index (κ2) is 5.55. The van der Waals surface area contributed by atoms with E-state index in [1.165, 1.54) is 12.1 Å². The Balaban J connectivity index is 2.30. The van der Waals surface area contributed by atoms with Gasteiger partial charge in [0.2, 0.25) is 5.56 Å². The molecule has 3 aromatic rings. The van der Waals surface area contributed by atoms with Crippen molar-refractivity contribution < 1.29 is 13.2 Å². The molecule has 0 unspecified atom stereocenters. The Labute approximate surface area is 129 Å². The van der Waals surface area contributed by atoms with E-state index in [4.69, 9.17) is 5.73 Å². The Hall–Kier alpha value is -2.60. The van der Waals surface area contributed by atoms with E-state index in [1.807, 2.05) is 18.2 Å². The quantitative estimate of drug-likeness (QED) is 0.757. The number of aromatic nitrogens is 1. The van der Waals surface area contributed by atoms with Crippen LogP contribution in [0.15, 0.2) is 53.3 Å². The monoisotopic (exact) mass is 318 g/mol. The van der Waals surface area contributed by atoms with E-state index in [0.29, 0.717) is 11.6 Å². The van der Waals surface area contributed by atoms with Crippen molar-refractivity contribution in [2.75, 3.05) is 0 Å². The first-order valence-corrected chi connectivity index (χ1v) is 6.93. The number of rotatable bonds is 2. The molecule has 23 heavy (non-hydrogen) atoms. The molecule has 3 rings (SSSR count). The first-order chi connectivity index (χ1) is 10.9. The topological polar surface area (TPSA) is 58.9 Å². The molecular weight excluding hydrogens is 305 g/mol. The number of hydrogen-bond donors (Lipinski definition) is 2. The highest BCUT2D eigenvalue weighted by molar-refractivity contribution is 5.88. The maximum Gasteiger partial charge on any atom is 0.417 e. The van der Waals surface area contributed by atoms with Crippen LogP contribution in [0.5, 0.6) is 0 Å². The second-order valence-corrected chi connectivity index (χ2v) is 5.17. The SMILES string of the molecule is NCc1ccccc1-c1ccc2[nH]c(=O)cc(C(F)(F)F)c2c1. The van der Waals surface area contributed by atoms with Crippen LogP contribution in [0.2, 0.25) is 0 Å². The zero-order chi connectivity index (χ0) is 16.6. The van der Waals surface area contributed by atoms with E-state index in [1.54, 1.807) is 12.1 Å². The standard InChI is InChI=1S/C17H13F3N2O/c18-17(19,20)14-8-16(23)22-15-6-5-10(7-13(14)15)12-4-2-1-3-11(12)9-21/h1-8H,9,21H2,(H,22,23). The number of alkyl halides is 3. The van der Waals surface area contributed by atoms with E-state index >= 15 is 0 Å². The molecule has 1 aromatic heterocycles. The molecule has 0 saturated heterocycles. The van der Waals surface area contributed by atoms with Crippen LogP contribution in [0, 0.1) is 0 Å². The Morgan fingerprint density at radius 2 is 1.78 bits per heavy atom. The molecular formula is C17H13F3N2O. The summed E-state index contributed by atoms with van der Waals surface area (Å²) in [5.41, 5.74) is 6.36. The van der Waals surface area contributed by atoms with Gasteiger partial charge in [-0.25, -0.2) is 0 Å². The van der Waals surface area contributed by atoms with Crippen LogP contribution in [0.4, 0.5) is 13.2 Å². The maximum atomic E-state index is 13.2. The lowest BCUT2D eigenvalue weighted by atomic mass is 9.97. The average Bonchev–Trinajstić information content (AvgIpc) is 2.52. The number of H-pyrrole nitrogens is 1. The molecule has 0 spiro atoms. The van der Waals surface area contributed by atoms with Crippen LogP contribution in [0.1, 0.15) is 11.1 Å². The number of fused-ring (bicyclic) bond motifs is 1. The van der Waals surface area contributed by atoms with Gasteiger partial charge in [0.05, 0.1) is 5.56 Å². The number of halogens is 3. The highest BCUT2D eigenvalue weighted by Gasteiger charge is 2.33. The van der Waals surface area contributed by atoms with Crippen LogP contribution in [-0.2, 0) is 12.7 Å². The normalized spacial score (nSPS) is 11.8. The lowest BCUT2D eigenvalue weighted by molar-refractivity contribution is -0.136. The van der Waals surface area contributed by atoms with Crippen molar-refractivity contribution in [1.82, 2.24) is 4.98 Å². The number of nitrogens with two attached hydrogens (primary N) is 1. The van der Waals surface area contributed by atoms with Crippen molar-refractivity contribution in [3.8, 4) is 11.1 Å². The molecule has 2 aromatic carbocycles. The van der Waals surface area contributed by atoms with Crippen LogP contribution >= 0.6 is 0 Å². The molecule has 0 aliphatic rings. The van der Waals surface area contributed by atoms with Crippen molar-refractivity contribution >= 4 is 10.9 Å². The van der Waals surface area contributed by atoms with E-state index in [9.17, 15) is 18.0 Å². The van der Waals surface area contributed by atoms with Crippen molar-refractivity contribution in [1.29, 1.82) is 0 Å². The van der Waals surface area contributed by atoms with Gasteiger partial charge in [-0.1, -0.05) is 30.3 Å². The summed E-state index contributed by atoms with van der Waals surface area (Å²) in [7, 11) is 0. The molecule has 0 atom stereocenters. The Kier molecular flexibility index (Phi) is 3.69. The Morgan fingerprint density at radius 3 is 2.48 bits per heavy atom. The third kappa shape index (κ3) is 2.85. The van der Waals surface area contributed by atoms with Gasteiger partial charge in [-0.3, -0.25) is 4.79 Å². The lowest BCUT2D eigenvalue weighted by Crippen LogP contribution is -2.13. The smallest absolute Gasteiger partial charge is 0.326 e. The summed E-state index contributed by atoms with van der Waals surface area (Å²) in [4.78, 5) is 13.9. The van der Waals surface area contributed by atoms with Crippen molar-refractivity contribution in [3.63, 3.8) is 0 Å². The molecule has 1 heterocycles. The summed E-state index contributed by atoms with van der Waals surface area (Å²) in [6, 6.07) is 12.4. The predicted octanol–water partition coefficient (Wildman–Crippen LogP) is 3.67. The lowest BCUT2D eigenvalue weighted by Gasteiger charge is -2.13. The van der Waals surface area contributed by atoms with Gasteiger partial charge in [0.25, 0.3) is 0 Å². The molecule has 0 aliphatic heterocycles. The van der Waals surface area contributed by atoms with E-state index in [0.717, 1.165) is 11.1 Å². The zero-order valence-electron chi connectivity index (χ0n) is 11.9. The molecule has 118 valence electrons. The predicted molar refractivity (Wildman–Crippen MR) is 82.9 cm³/mol. The van der Waals surface area contributed by atoms with Gasteiger partial charge in [-0.2, -0.15) is 13.2 Å². The Bertz CT molecular complexity index is 929. The summed E-state index contributed by atoms with van der Waals surface area (Å²) in [5.74, 6) is 0. The second-order valence-electron chi connectivity index (χ2n) is 5.17. The molecule has 0 radical (unpaired) electrons. The van der Waals surface area contributed by atoms with Gasteiger partial charge >= 0.3 is 6.18 Å². The summed E-state index contributed by atoms with van der Waals surface area (Å²) < 4.78 is 39.6. The molecule has 6 heteroatoms. The van der Waals surface area contributed by atoms with Crippen molar-refractivity contribution in [3.05, 3.63) is 70.0 Å². The highest BCUT2D eigenvalue weighted by atomic mass is 19.4. The molecule has 0 saturated carbocycles. The molecule has 0 amide bonds. The van der Waals surface area contributed by atoms with Gasteiger partial charge in [0.1, 0.15) is 0 Å². The first-order valence-electron chi connectivity index (χ1n) is 6.93.